The molecule has 0 saturated carbocycles. The molecule has 3 heteroatoms. The lowest BCUT2D eigenvalue weighted by Crippen LogP contribution is -2.39. The minimum Gasteiger partial charge on any atom is -0.358 e. The number of aryl methyl sites for hydroxylation is 2. The van der Waals surface area contributed by atoms with Crippen molar-refractivity contribution in [1.82, 2.24) is 9.88 Å². The van der Waals surface area contributed by atoms with Crippen LogP contribution in [0.3, 0.4) is 0 Å². The Hall–Kier alpha value is -1.61. The fraction of sp³-hybridized carbons (Fsp3) is 0.526. The summed E-state index contributed by atoms with van der Waals surface area (Å²) in [6, 6.07) is 6.59. The Balaban J connectivity index is 2.02. The first-order valence-electron chi connectivity index (χ1n) is 8.47. The largest absolute Gasteiger partial charge is 0.358 e. The molecule has 0 aliphatic carbocycles. The van der Waals surface area contributed by atoms with Crippen LogP contribution in [0.25, 0.3) is 10.9 Å². The number of pyridine rings is 1. The Labute approximate surface area is 132 Å². The van der Waals surface area contributed by atoms with Crippen molar-refractivity contribution >= 4 is 10.9 Å². The molecule has 1 N–H and O–H groups in total. The van der Waals surface area contributed by atoms with Crippen LogP contribution >= 0.6 is 0 Å². The quantitative estimate of drug-likeness (QED) is 0.932. The average molecular weight is 298 g/mol. The summed E-state index contributed by atoms with van der Waals surface area (Å²) < 4.78 is 0. The number of fused-ring (bicyclic) bond motifs is 1. The van der Waals surface area contributed by atoms with E-state index in [0.29, 0.717) is 6.04 Å². The lowest BCUT2D eigenvalue weighted by Gasteiger charge is -2.35. The van der Waals surface area contributed by atoms with Crippen LogP contribution in [0.4, 0.5) is 0 Å². The van der Waals surface area contributed by atoms with Gasteiger partial charge in [0.2, 0.25) is 0 Å². The van der Waals surface area contributed by atoms with Gasteiger partial charge in [-0.2, -0.15) is 0 Å². The number of hydrogen-bond donors (Lipinski definition) is 1. The molecule has 118 valence electrons. The highest BCUT2D eigenvalue weighted by molar-refractivity contribution is 5.82. The monoisotopic (exact) mass is 298 g/mol. The smallest absolute Gasteiger partial charge is 0.194 e. The molecule has 1 atom stereocenters. The van der Waals surface area contributed by atoms with Gasteiger partial charge in [-0.05, 0) is 51.3 Å². The SMILES string of the molecule is CC[C@@H]1CCCCN1Cc1c(C)[nH]c2c(C)cccc2c1=O. The normalized spacial score (nSPS) is 19.7. The van der Waals surface area contributed by atoms with E-state index in [9.17, 15) is 4.79 Å². The molecule has 22 heavy (non-hydrogen) atoms. The van der Waals surface area contributed by atoms with E-state index >= 15 is 0 Å². The van der Waals surface area contributed by atoms with Gasteiger partial charge >= 0.3 is 0 Å². The van der Waals surface area contributed by atoms with E-state index in [-0.39, 0.29) is 5.43 Å². The van der Waals surface area contributed by atoms with Gasteiger partial charge in [0.15, 0.2) is 5.43 Å². The number of aromatic nitrogens is 1. The molecule has 0 radical (unpaired) electrons. The second-order valence-corrected chi connectivity index (χ2v) is 6.58. The van der Waals surface area contributed by atoms with Crippen molar-refractivity contribution in [2.45, 2.75) is 59.0 Å². The van der Waals surface area contributed by atoms with Crippen LogP contribution in [0.15, 0.2) is 23.0 Å². The Morgan fingerprint density at radius 1 is 1.27 bits per heavy atom. The molecule has 2 heterocycles. The van der Waals surface area contributed by atoms with Crippen LogP contribution in [-0.4, -0.2) is 22.5 Å². The summed E-state index contributed by atoms with van der Waals surface area (Å²) in [5.41, 5.74) is 4.29. The average Bonchev–Trinajstić information content (AvgIpc) is 2.53. The maximum atomic E-state index is 12.9. The van der Waals surface area contributed by atoms with Gasteiger partial charge in [0.1, 0.15) is 0 Å². The van der Waals surface area contributed by atoms with E-state index in [1.165, 1.54) is 25.7 Å². The van der Waals surface area contributed by atoms with Gasteiger partial charge in [0, 0.05) is 29.2 Å². The zero-order valence-corrected chi connectivity index (χ0v) is 13.9. The van der Waals surface area contributed by atoms with Gasteiger partial charge in [-0.3, -0.25) is 9.69 Å². The predicted octanol–water partition coefficient (Wildman–Crippen LogP) is 3.91. The highest BCUT2D eigenvalue weighted by Crippen LogP contribution is 2.23. The second kappa shape index (κ2) is 6.25. The Kier molecular flexibility index (Phi) is 4.34. The summed E-state index contributed by atoms with van der Waals surface area (Å²) in [4.78, 5) is 18.9. The number of aromatic amines is 1. The van der Waals surface area contributed by atoms with Gasteiger partial charge in [0.25, 0.3) is 0 Å². The first-order chi connectivity index (χ1) is 10.6. The minimum atomic E-state index is 0.204. The van der Waals surface area contributed by atoms with Gasteiger partial charge < -0.3 is 4.98 Å². The lowest BCUT2D eigenvalue weighted by atomic mass is 9.98. The van der Waals surface area contributed by atoms with E-state index in [1.54, 1.807) is 0 Å². The third-order valence-electron chi connectivity index (χ3n) is 5.14. The molecule has 1 saturated heterocycles. The van der Waals surface area contributed by atoms with Crippen molar-refractivity contribution in [3.8, 4) is 0 Å². The number of H-pyrrole nitrogens is 1. The molecule has 0 unspecified atom stereocenters. The summed E-state index contributed by atoms with van der Waals surface area (Å²) in [6.07, 6.45) is 5.01. The van der Waals surface area contributed by atoms with Crippen LogP contribution in [0.2, 0.25) is 0 Å². The topological polar surface area (TPSA) is 36.1 Å². The molecule has 1 fully saturated rings. The maximum Gasteiger partial charge on any atom is 0.194 e. The van der Waals surface area contributed by atoms with Gasteiger partial charge in [-0.15, -0.1) is 0 Å². The Bertz CT molecular complexity index is 732. The fourth-order valence-electron chi connectivity index (χ4n) is 3.74. The van der Waals surface area contributed by atoms with E-state index < -0.39 is 0 Å². The number of nitrogens with one attached hydrogen (secondary N) is 1. The van der Waals surface area contributed by atoms with E-state index in [4.69, 9.17) is 0 Å². The van der Waals surface area contributed by atoms with Crippen LogP contribution in [0.5, 0.6) is 0 Å². The van der Waals surface area contributed by atoms with Crippen molar-refractivity contribution in [2.75, 3.05) is 6.54 Å². The number of hydrogen-bond acceptors (Lipinski definition) is 2. The van der Waals surface area contributed by atoms with Gasteiger partial charge in [0.05, 0.1) is 5.52 Å². The molecule has 1 aliphatic heterocycles. The zero-order chi connectivity index (χ0) is 15.7. The molecular weight excluding hydrogens is 272 g/mol. The molecular formula is C19H26N2O. The first-order valence-corrected chi connectivity index (χ1v) is 8.47. The van der Waals surface area contributed by atoms with Crippen LogP contribution in [0, 0.1) is 13.8 Å². The van der Waals surface area contributed by atoms with E-state index in [2.05, 4.69) is 29.8 Å². The van der Waals surface area contributed by atoms with E-state index in [1.807, 2.05) is 19.1 Å². The lowest BCUT2D eigenvalue weighted by molar-refractivity contribution is 0.135. The number of nitrogens with zero attached hydrogens (tertiary/aromatic N) is 1. The molecule has 1 aromatic heterocycles. The molecule has 1 aromatic carbocycles. The van der Waals surface area contributed by atoms with Crippen molar-refractivity contribution < 1.29 is 0 Å². The molecule has 0 spiro atoms. The van der Waals surface area contributed by atoms with Gasteiger partial charge in [-0.1, -0.05) is 25.5 Å². The van der Waals surface area contributed by atoms with Crippen LogP contribution in [0.1, 0.15) is 49.4 Å². The predicted molar refractivity (Wildman–Crippen MR) is 92.4 cm³/mol. The molecule has 0 bridgehead atoms. The van der Waals surface area contributed by atoms with Gasteiger partial charge in [-0.25, -0.2) is 0 Å². The third-order valence-corrected chi connectivity index (χ3v) is 5.14. The fourth-order valence-corrected chi connectivity index (χ4v) is 3.74. The standard InChI is InChI=1S/C19H26N2O/c1-4-15-9-5-6-11-21(15)12-17-14(3)20-18-13(2)8-7-10-16(18)19(17)22/h7-8,10,15H,4-6,9,11-12H2,1-3H3,(H,20,22)/t15-/m1/s1. The number of likely N-dealkylation sites (tertiary alicyclic amines) is 1. The number of para-hydroxylation sites is 1. The highest BCUT2D eigenvalue weighted by atomic mass is 16.1. The van der Waals surface area contributed by atoms with Crippen molar-refractivity contribution in [2.24, 2.45) is 0 Å². The molecule has 0 amide bonds. The second-order valence-electron chi connectivity index (χ2n) is 6.58. The summed E-state index contributed by atoms with van der Waals surface area (Å²) in [5.74, 6) is 0. The Morgan fingerprint density at radius 2 is 2.09 bits per heavy atom. The number of benzene rings is 1. The van der Waals surface area contributed by atoms with Crippen molar-refractivity contribution in [3.05, 3.63) is 45.2 Å². The van der Waals surface area contributed by atoms with Crippen LogP contribution in [-0.2, 0) is 6.54 Å². The molecule has 3 nitrogen and oxygen atoms in total. The maximum absolute atomic E-state index is 12.9. The van der Waals surface area contributed by atoms with Crippen molar-refractivity contribution in [3.63, 3.8) is 0 Å². The Morgan fingerprint density at radius 3 is 2.86 bits per heavy atom. The summed E-state index contributed by atoms with van der Waals surface area (Å²) >= 11 is 0. The van der Waals surface area contributed by atoms with Crippen LogP contribution < -0.4 is 5.43 Å². The summed E-state index contributed by atoms with van der Waals surface area (Å²) in [5, 5.41) is 0.825. The van der Waals surface area contributed by atoms with Crippen molar-refractivity contribution in [1.29, 1.82) is 0 Å². The minimum absolute atomic E-state index is 0.204. The van der Waals surface area contributed by atoms with E-state index in [0.717, 1.165) is 40.8 Å². The number of piperidine rings is 1. The number of rotatable bonds is 3. The molecule has 2 aromatic rings. The summed E-state index contributed by atoms with van der Waals surface area (Å²) in [7, 11) is 0. The zero-order valence-electron chi connectivity index (χ0n) is 13.9. The highest BCUT2D eigenvalue weighted by Gasteiger charge is 2.23. The molecule has 1 aliphatic rings. The molecule has 3 rings (SSSR count). The third kappa shape index (κ3) is 2.70. The summed E-state index contributed by atoms with van der Waals surface area (Å²) in [6.45, 7) is 8.24. The first kappa shape index (κ1) is 15.3.